The summed E-state index contributed by atoms with van der Waals surface area (Å²) >= 11 is 0. The van der Waals surface area contributed by atoms with Crippen molar-refractivity contribution in [3.8, 4) is 11.3 Å². The number of carbonyl (C=O) groups is 1. The molecule has 2 aromatic heterocycles. The number of amides is 1. The highest BCUT2D eigenvalue weighted by molar-refractivity contribution is 5.91. The molecule has 1 fully saturated rings. The van der Waals surface area contributed by atoms with Crippen LogP contribution in [0.5, 0.6) is 0 Å². The van der Waals surface area contributed by atoms with Crippen LogP contribution in [-0.2, 0) is 20.5 Å². The van der Waals surface area contributed by atoms with E-state index in [4.69, 9.17) is 5.10 Å². The van der Waals surface area contributed by atoms with Crippen LogP contribution in [0.4, 0.5) is 0 Å². The summed E-state index contributed by atoms with van der Waals surface area (Å²) in [7, 11) is 3.78. The Morgan fingerprint density at radius 2 is 1.93 bits per heavy atom. The van der Waals surface area contributed by atoms with Crippen molar-refractivity contribution < 1.29 is 4.79 Å². The van der Waals surface area contributed by atoms with Crippen molar-refractivity contribution in [3.05, 3.63) is 53.7 Å². The molecule has 5 rings (SSSR count). The van der Waals surface area contributed by atoms with Gasteiger partial charge in [0.25, 0.3) is 5.91 Å². The van der Waals surface area contributed by atoms with Crippen LogP contribution >= 0.6 is 0 Å². The average molecular weight is 362 g/mol. The molecule has 3 aromatic rings. The molecule has 0 N–H and O–H groups in total. The quantitative estimate of drug-likeness (QED) is 0.702. The minimum atomic E-state index is -0.0807. The van der Waals surface area contributed by atoms with Crippen LogP contribution in [0.2, 0.25) is 0 Å². The van der Waals surface area contributed by atoms with Crippen LogP contribution in [0.15, 0.2) is 36.7 Å². The second-order valence-corrected chi connectivity index (χ2v) is 7.46. The van der Waals surface area contributed by atoms with E-state index in [9.17, 15) is 4.79 Å². The number of rotatable bonds is 2. The third-order valence-corrected chi connectivity index (χ3v) is 5.75. The fourth-order valence-corrected chi connectivity index (χ4v) is 4.66. The summed E-state index contributed by atoms with van der Waals surface area (Å²) in [5.41, 5.74) is 4.68. The van der Waals surface area contributed by atoms with Gasteiger partial charge in [-0.3, -0.25) is 14.2 Å². The zero-order valence-electron chi connectivity index (χ0n) is 15.5. The minimum absolute atomic E-state index is 0.00692. The highest BCUT2D eigenvalue weighted by Gasteiger charge is 2.44. The van der Waals surface area contributed by atoms with Gasteiger partial charge in [-0.25, -0.2) is 4.98 Å². The fourth-order valence-electron chi connectivity index (χ4n) is 4.66. The Labute approximate surface area is 157 Å². The van der Waals surface area contributed by atoms with Crippen molar-refractivity contribution in [1.29, 1.82) is 0 Å². The predicted molar refractivity (Wildman–Crippen MR) is 99.9 cm³/mol. The van der Waals surface area contributed by atoms with E-state index < -0.39 is 0 Å². The lowest BCUT2D eigenvalue weighted by molar-refractivity contribution is 0.0379. The SMILES string of the molecule is Cn1cnc(C(=O)N2[C@@H]3CCC[C@H]2c2nn(C)c(-c4ccccc4)c2C3)n1. The van der Waals surface area contributed by atoms with Crippen molar-refractivity contribution in [2.75, 3.05) is 0 Å². The molecule has 2 bridgehead atoms. The van der Waals surface area contributed by atoms with Gasteiger partial charge in [0, 0.05) is 31.3 Å². The van der Waals surface area contributed by atoms with Gasteiger partial charge in [0.05, 0.1) is 17.4 Å². The Balaban J connectivity index is 1.59. The predicted octanol–water partition coefficient (Wildman–Crippen LogP) is 2.51. The van der Waals surface area contributed by atoms with Crippen molar-refractivity contribution in [1.82, 2.24) is 29.4 Å². The van der Waals surface area contributed by atoms with Crippen LogP contribution in [0.3, 0.4) is 0 Å². The summed E-state index contributed by atoms with van der Waals surface area (Å²) in [6.45, 7) is 0. The molecule has 0 unspecified atom stereocenters. The van der Waals surface area contributed by atoms with Crippen LogP contribution < -0.4 is 0 Å². The molecule has 4 heterocycles. The number of hydrogen-bond acceptors (Lipinski definition) is 4. The molecule has 7 heteroatoms. The first kappa shape index (κ1) is 16.2. The number of aromatic nitrogens is 5. The first-order valence-electron chi connectivity index (χ1n) is 9.43. The van der Waals surface area contributed by atoms with E-state index in [1.54, 1.807) is 18.1 Å². The topological polar surface area (TPSA) is 68.8 Å². The molecule has 1 aromatic carbocycles. The van der Waals surface area contributed by atoms with Gasteiger partial charge < -0.3 is 4.90 Å². The first-order valence-corrected chi connectivity index (χ1v) is 9.43. The lowest BCUT2D eigenvalue weighted by Gasteiger charge is -2.44. The van der Waals surface area contributed by atoms with Crippen LogP contribution in [-0.4, -0.2) is 41.4 Å². The summed E-state index contributed by atoms with van der Waals surface area (Å²) in [6, 6.07) is 10.6. The zero-order chi connectivity index (χ0) is 18.5. The second-order valence-electron chi connectivity index (χ2n) is 7.46. The Morgan fingerprint density at radius 1 is 1.11 bits per heavy atom. The minimum Gasteiger partial charge on any atom is -0.324 e. The van der Waals surface area contributed by atoms with Crippen LogP contribution in [0, 0.1) is 0 Å². The Morgan fingerprint density at radius 3 is 2.67 bits per heavy atom. The largest absolute Gasteiger partial charge is 0.324 e. The van der Waals surface area contributed by atoms with Gasteiger partial charge >= 0.3 is 0 Å². The van der Waals surface area contributed by atoms with Crippen LogP contribution in [0.1, 0.15) is 47.2 Å². The molecule has 7 nitrogen and oxygen atoms in total. The van der Waals surface area contributed by atoms with Gasteiger partial charge in [-0.2, -0.15) is 5.10 Å². The van der Waals surface area contributed by atoms with Gasteiger partial charge in [0.15, 0.2) is 0 Å². The van der Waals surface area contributed by atoms with E-state index >= 15 is 0 Å². The third-order valence-electron chi connectivity index (χ3n) is 5.75. The monoisotopic (exact) mass is 362 g/mol. The van der Waals surface area contributed by atoms with Gasteiger partial charge in [-0.1, -0.05) is 30.3 Å². The molecule has 0 aliphatic carbocycles. The van der Waals surface area contributed by atoms with Crippen molar-refractivity contribution >= 4 is 5.91 Å². The van der Waals surface area contributed by atoms with E-state index in [1.165, 1.54) is 16.8 Å². The molecular weight excluding hydrogens is 340 g/mol. The summed E-state index contributed by atoms with van der Waals surface area (Å²) < 4.78 is 3.55. The number of piperidine rings is 1. The Bertz CT molecular complexity index is 1000. The number of hydrogen-bond donors (Lipinski definition) is 0. The molecule has 27 heavy (non-hydrogen) atoms. The van der Waals surface area contributed by atoms with E-state index in [-0.39, 0.29) is 23.8 Å². The van der Waals surface area contributed by atoms with Gasteiger partial charge in [0.1, 0.15) is 6.33 Å². The van der Waals surface area contributed by atoms with Gasteiger partial charge in [-0.15, -0.1) is 5.10 Å². The molecule has 1 saturated heterocycles. The van der Waals surface area contributed by atoms with Gasteiger partial charge in [0.2, 0.25) is 5.82 Å². The molecular formula is C20H22N6O. The first-order chi connectivity index (χ1) is 13.1. The third kappa shape index (κ3) is 2.49. The number of aryl methyl sites for hydroxylation is 2. The van der Waals surface area contributed by atoms with Crippen molar-refractivity contribution in [2.24, 2.45) is 14.1 Å². The summed E-state index contributed by atoms with van der Waals surface area (Å²) in [5, 5.41) is 9.08. The normalized spacial score (nSPS) is 21.2. The van der Waals surface area contributed by atoms with E-state index in [0.717, 1.165) is 31.4 Å². The number of benzene rings is 1. The molecule has 2 aliphatic rings. The van der Waals surface area contributed by atoms with E-state index in [2.05, 4.69) is 34.3 Å². The summed E-state index contributed by atoms with van der Waals surface area (Å²) in [6.07, 6.45) is 5.48. The molecule has 138 valence electrons. The number of carbonyl (C=O) groups excluding carboxylic acids is 1. The Hall–Kier alpha value is -2.96. The lowest BCUT2D eigenvalue weighted by atomic mass is 9.81. The summed E-state index contributed by atoms with van der Waals surface area (Å²) in [5.74, 6) is 0.194. The average Bonchev–Trinajstić information content (AvgIpc) is 3.24. The molecule has 2 aliphatic heterocycles. The molecule has 2 atom stereocenters. The number of fused-ring (bicyclic) bond motifs is 4. The van der Waals surface area contributed by atoms with E-state index in [0.29, 0.717) is 0 Å². The molecule has 0 saturated carbocycles. The maximum Gasteiger partial charge on any atom is 0.294 e. The zero-order valence-corrected chi connectivity index (χ0v) is 15.5. The Kier molecular flexibility index (Phi) is 3.63. The van der Waals surface area contributed by atoms with Crippen molar-refractivity contribution in [3.63, 3.8) is 0 Å². The second kappa shape index (κ2) is 6.04. The van der Waals surface area contributed by atoms with Crippen molar-refractivity contribution in [2.45, 2.75) is 37.8 Å². The highest BCUT2D eigenvalue weighted by Crippen LogP contribution is 2.44. The highest BCUT2D eigenvalue weighted by atomic mass is 16.2. The van der Waals surface area contributed by atoms with E-state index in [1.807, 2.05) is 22.7 Å². The molecule has 0 radical (unpaired) electrons. The summed E-state index contributed by atoms with van der Waals surface area (Å²) in [4.78, 5) is 19.3. The van der Waals surface area contributed by atoms with Crippen LogP contribution in [0.25, 0.3) is 11.3 Å². The fraction of sp³-hybridized carbons (Fsp3) is 0.400. The maximum absolute atomic E-state index is 13.2. The smallest absolute Gasteiger partial charge is 0.294 e. The maximum atomic E-state index is 13.2. The molecule has 1 amide bonds. The standard InChI is InChI=1S/C20H22N6O/c1-24-12-21-19(23-24)20(27)26-14-9-6-10-16(26)17-15(11-14)18(25(2)22-17)13-7-4-3-5-8-13/h3-5,7-8,12,14,16H,6,9-11H2,1-2H3/t14-,16+/m1/s1. The number of nitrogens with zero attached hydrogens (tertiary/aromatic N) is 6. The molecule has 0 spiro atoms. The van der Waals surface area contributed by atoms with Gasteiger partial charge in [-0.05, 0) is 25.7 Å². The lowest BCUT2D eigenvalue weighted by Crippen LogP contribution is -2.50.